The van der Waals surface area contributed by atoms with Crippen molar-refractivity contribution in [3.63, 3.8) is 0 Å². The Bertz CT molecular complexity index is 1090. The van der Waals surface area contributed by atoms with Crippen LogP contribution in [-0.2, 0) is 4.74 Å². The third-order valence-electron chi connectivity index (χ3n) is 4.18. The van der Waals surface area contributed by atoms with Gasteiger partial charge in [0, 0.05) is 22.7 Å². The molecule has 0 fully saturated rings. The highest BCUT2D eigenvalue weighted by atomic mass is 35.5. The lowest BCUT2D eigenvalue weighted by molar-refractivity contribution is 0.0519. The van der Waals surface area contributed by atoms with Crippen LogP contribution in [-0.4, -0.2) is 34.8 Å². The van der Waals surface area contributed by atoms with Crippen molar-refractivity contribution >= 4 is 35.1 Å². The first-order valence-electron chi connectivity index (χ1n) is 9.16. The highest BCUT2D eigenvalue weighted by Crippen LogP contribution is 2.32. The lowest BCUT2D eigenvalue weighted by Gasteiger charge is -2.10. The molecule has 8 heteroatoms. The molecule has 0 spiro atoms. The van der Waals surface area contributed by atoms with E-state index < -0.39 is 5.97 Å². The van der Waals surface area contributed by atoms with Gasteiger partial charge in [-0.2, -0.15) is 5.10 Å². The Morgan fingerprint density at radius 1 is 1.17 bits per heavy atom. The molecule has 1 heterocycles. The normalized spacial score (nSPS) is 10.5. The van der Waals surface area contributed by atoms with E-state index >= 15 is 0 Å². The highest BCUT2D eigenvalue weighted by molar-refractivity contribution is 6.36. The summed E-state index contributed by atoms with van der Waals surface area (Å²) in [5, 5.41) is 8.03. The van der Waals surface area contributed by atoms with Crippen LogP contribution in [0.1, 0.15) is 27.8 Å². The minimum absolute atomic E-state index is 0.144. The zero-order valence-electron chi connectivity index (χ0n) is 16.2. The van der Waals surface area contributed by atoms with Gasteiger partial charge in [0.15, 0.2) is 5.69 Å². The highest BCUT2D eigenvalue weighted by Gasteiger charge is 2.19. The molecule has 1 amide bonds. The molecule has 0 radical (unpaired) electrons. The molecule has 1 aromatic heterocycles. The topological polar surface area (TPSA) is 73.2 Å². The Kier molecular flexibility index (Phi) is 6.92. The van der Waals surface area contributed by atoms with Gasteiger partial charge in [0.2, 0.25) is 0 Å². The summed E-state index contributed by atoms with van der Waals surface area (Å²) in [7, 11) is 0. The van der Waals surface area contributed by atoms with Gasteiger partial charge in [0.1, 0.15) is 0 Å². The zero-order valence-corrected chi connectivity index (χ0v) is 17.7. The molecule has 0 saturated heterocycles. The van der Waals surface area contributed by atoms with Crippen molar-refractivity contribution in [3.8, 4) is 16.9 Å². The molecular formula is C22H19Cl2N3O3. The third-order valence-corrected chi connectivity index (χ3v) is 4.73. The zero-order chi connectivity index (χ0) is 21.7. The maximum Gasteiger partial charge on any atom is 0.358 e. The smallest absolute Gasteiger partial charge is 0.358 e. The fraction of sp³-hybridized carbons (Fsp3) is 0.136. The summed E-state index contributed by atoms with van der Waals surface area (Å²) in [5.41, 5.74) is 2.52. The number of benzene rings is 2. The van der Waals surface area contributed by atoms with Crippen molar-refractivity contribution in [3.05, 3.63) is 82.5 Å². The minimum atomic E-state index is -0.539. The first kappa shape index (κ1) is 21.6. The van der Waals surface area contributed by atoms with E-state index in [2.05, 4.69) is 17.0 Å². The molecule has 0 saturated carbocycles. The number of nitrogens with one attached hydrogen (secondary N) is 1. The van der Waals surface area contributed by atoms with Crippen LogP contribution in [0, 0.1) is 0 Å². The average molecular weight is 444 g/mol. The number of halogens is 2. The number of nitrogens with zero attached hydrogens (tertiary/aromatic N) is 2. The van der Waals surface area contributed by atoms with Crippen LogP contribution >= 0.6 is 23.2 Å². The Labute approximate surface area is 184 Å². The Morgan fingerprint density at radius 2 is 1.90 bits per heavy atom. The second-order valence-corrected chi connectivity index (χ2v) is 7.06. The van der Waals surface area contributed by atoms with Crippen molar-refractivity contribution in [2.75, 3.05) is 13.2 Å². The van der Waals surface area contributed by atoms with Crippen molar-refractivity contribution in [2.24, 2.45) is 0 Å². The molecule has 2 aromatic carbocycles. The Hall–Kier alpha value is -3.09. The fourth-order valence-electron chi connectivity index (χ4n) is 2.79. The predicted octanol–water partition coefficient (Wildman–Crippen LogP) is 4.94. The fourth-order valence-corrected chi connectivity index (χ4v) is 3.30. The van der Waals surface area contributed by atoms with Gasteiger partial charge in [-0.1, -0.05) is 29.3 Å². The van der Waals surface area contributed by atoms with E-state index in [1.807, 2.05) is 0 Å². The van der Waals surface area contributed by atoms with Crippen LogP contribution in [0.5, 0.6) is 0 Å². The van der Waals surface area contributed by atoms with E-state index in [1.165, 1.54) is 0 Å². The van der Waals surface area contributed by atoms with Crippen LogP contribution in [0.4, 0.5) is 0 Å². The number of amides is 1. The van der Waals surface area contributed by atoms with Crippen LogP contribution in [0.2, 0.25) is 10.0 Å². The van der Waals surface area contributed by atoms with Gasteiger partial charge in [0.25, 0.3) is 5.91 Å². The van der Waals surface area contributed by atoms with Crippen molar-refractivity contribution < 1.29 is 14.3 Å². The van der Waals surface area contributed by atoms with Crippen molar-refractivity contribution in [1.29, 1.82) is 0 Å². The number of rotatable bonds is 7. The van der Waals surface area contributed by atoms with Gasteiger partial charge in [0.05, 0.1) is 23.0 Å². The second-order valence-electron chi connectivity index (χ2n) is 6.22. The summed E-state index contributed by atoms with van der Waals surface area (Å²) in [5.74, 6) is -0.752. The molecule has 0 atom stereocenters. The standard InChI is InChI=1S/C22H19Cl2N3O3/c1-3-11-25-21(28)14-5-8-16(9-6-14)27-20(13-19(26-27)22(29)30-4-2)17-10-7-15(23)12-18(17)24/h3,5-10,12-13H,1,4,11H2,2H3,(H,25,28). The molecule has 154 valence electrons. The van der Waals surface area contributed by atoms with E-state index in [9.17, 15) is 9.59 Å². The molecule has 0 aliphatic rings. The van der Waals surface area contributed by atoms with Gasteiger partial charge in [-0.3, -0.25) is 4.79 Å². The van der Waals surface area contributed by atoms with E-state index in [0.717, 1.165) is 0 Å². The quantitative estimate of drug-likeness (QED) is 0.414. The number of carbonyl (C=O) groups excluding carboxylic acids is 2. The summed E-state index contributed by atoms with van der Waals surface area (Å²) in [4.78, 5) is 24.4. The Balaban J connectivity index is 2.05. The first-order chi connectivity index (χ1) is 14.4. The summed E-state index contributed by atoms with van der Waals surface area (Å²) in [6, 6.07) is 13.5. The minimum Gasteiger partial charge on any atom is -0.461 e. The molecule has 0 aliphatic carbocycles. The van der Waals surface area contributed by atoms with Crippen molar-refractivity contribution in [1.82, 2.24) is 15.1 Å². The number of esters is 1. The summed E-state index contributed by atoms with van der Waals surface area (Å²) >= 11 is 12.4. The molecule has 0 aliphatic heterocycles. The van der Waals surface area contributed by atoms with E-state index in [1.54, 1.807) is 66.2 Å². The maximum absolute atomic E-state index is 12.2. The third kappa shape index (κ3) is 4.72. The van der Waals surface area contributed by atoms with Gasteiger partial charge in [-0.25, -0.2) is 9.48 Å². The molecule has 3 aromatic rings. The SMILES string of the molecule is C=CCNC(=O)c1ccc(-n2nc(C(=O)OCC)cc2-c2ccc(Cl)cc2Cl)cc1. The maximum atomic E-state index is 12.2. The number of hydrogen-bond acceptors (Lipinski definition) is 4. The van der Waals surface area contributed by atoms with Gasteiger partial charge in [-0.15, -0.1) is 6.58 Å². The Morgan fingerprint density at radius 3 is 2.53 bits per heavy atom. The van der Waals surface area contributed by atoms with Crippen LogP contribution in [0.15, 0.2) is 61.2 Å². The molecule has 0 bridgehead atoms. The summed E-state index contributed by atoms with van der Waals surface area (Å²) in [6.45, 7) is 5.91. The average Bonchev–Trinajstić information content (AvgIpc) is 3.17. The largest absolute Gasteiger partial charge is 0.461 e. The molecule has 6 nitrogen and oxygen atoms in total. The van der Waals surface area contributed by atoms with Gasteiger partial charge < -0.3 is 10.1 Å². The van der Waals surface area contributed by atoms with E-state index in [4.69, 9.17) is 27.9 Å². The summed E-state index contributed by atoms with van der Waals surface area (Å²) < 4.78 is 6.65. The predicted molar refractivity (Wildman–Crippen MR) is 118 cm³/mol. The lowest BCUT2D eigenvalue weighted by atomic mass is 10.1. The number of aromatic nitrogens is 2. The lowest BCUT2D eigenvalue weighted by Crippen LogP contribution is -2.23. The second kappa shape index (κ2) is 9.61. The monoisotopic (exact) mass is 443 g/mol. The van der Waals surface area contributed by atoms with Crippen LogP contribution in [0.25, 0.3) is 16.9 Å². The molecular weight excluding hydrogens is 425 g/mol. The van der Waals surface area contributed by atoms with Crippen LogP contribution in [0.3, 0.4) is 0 Å². The number of ether oxygens (including phenoxy) is 1. The van der Waals surface area contributed by atoms with E-state index in [-0.39, 0.29) is 18.2 Å². The first-order valence-corrected chi connectivity index (χ1v) is 9.92. The molecule has 3 rings (SSSR count). The number of hydrogen-bond donors (Lipinski definition) is 1. The van der Waals surface area contributed by atoms with Gasteiger partial charge >= 0.3 is 5.97 Å². The van der Waals surface area contributed by atoms with Crippen LogP contribution < -0.4 is 5.32 Å². The van der Waals surface area contributed by atoms with E-state index in [0.29, 0.717) is 39.1 Å². The van der Waals surface area contributed by atoms with Gasteiger partial charge in [-0.05, 0) is 55.5 Å². The summed E-state index contributed by atoms with van der Waals surface area (Å²) in [6.07, 6.45) is 1.61. The number of carbonyl (C=O) groups is 2. The molecule has 30 heavy (non-hydrogen) atoms. The molecule has 0 unspecified atom stereocenters. The molecule has 1 N–H and O–H groups in total. The van der Waals surface area contributed by atoms with Crippen molar-refractivity contribution in [2.45, 2.75) is 6.92 Å².